The number of amides is 2. The van der Waals surface area contributed by atoms with Crippen molar-refractivity contribution < 1.29 is 19.1 Å². The maximum Gasteiger partial charge on any atom is 0.341 e. The Morgan fingerprint density at radius 1 is 1.28 bits per heavy atom. The Morgan fingerprint density at radius 3 is 2.76 bits per heavy atom. The van der Waals surface area contributed by atoms with Gasteiger partial charge in [0, 0.05) is 4.90 Å². The van der Waals surface area contributed by atoms with Crippen LogP contribution in [-0.2, 0) is 20.7 Å². The van der Waals surface area contributed by atoms with E-state index in [1.54, 1.807) is 6.92 Å². The van der Waals surface area contributed by atoms with E-state index in [-0.39, 0.29) is 25.0 Å². The highest BCUT2D eigenvalue weighted by atomic mass is 32.2. The van der Waals surface area contributed by atoms with E-state index in [9.17, 15) is 14.4 Å². The van der Waals surface area contributed by atoms with E-state index < -0.39 is 5.97 Å². The van der Waals surface area contributed by atoms with Crippen LogP contribution in [0.1, 0.15) is 36.7 Å². The molecule has 0 saturated heterocycles. The molecule has 0 radical (unpaired) electrons. The van der Waals surface area contributed by atoms with Crippen molar-refractivity contribution in [1.29, 1.82) is 0 Å². The number of para-hydroxylation sites is 1. The van der Waals surface area contributed by atoms with Crippen molar-refractivity contribution in [2.75, 3.05) is 29.1 Å². The smallest absolute Gasteiger partial charge is 0.341 e. The lowest BCUT2D eigenvalue weighted by Crippen LogP contribution is -2.41. The Balaban J connectivity index is 1.80. The number of benzene rings is 1. The number of ether oxygens (including phenoxy) is 1. The number of nitrogens with zero attached hydrogens (tertiary/aromatic N) is 1. The van der Waals surface area contributed by atoms with Crippen molar-refractivity contribution in [2.45, 2.75) is 32.1 Å². The van der Waals surface area contributed by atoms with E-state index in [0.29, 0.717) is 22.2 Å². The average Bonchev–Trinajstić information content (AvgIpc) is 3.05. The molecule has 0 unspecified atom stereocenters. The molecule has 0 fully saturated rings. The fourth-order valence-electron chi connectivity index (χ4n) is 3.14. The van der Waals surface area contributed by atoms with Crippen LogP contribution in [0.5, 0.6) is 0 Å². The molecular formula is C21H24N2O4S2. The molecule has 0 aliphatic carbocycles. The van der Waals surface area contributed by atoms with Gasteiger partial charge in [0.25, 0.3) is 0 Å². The molecule has 1 N–H and O–H groups in total. The molecule has 0 bridgehead atoms. The number of carbonyl (C=O) groups excluding carboxylic acids is 3. The van der Waals surface area contributed by atoms with Gasteiger partial charge in [-0.1, -0.05) is 26.0 Å². The SMILES string of the molecule is CCOC(=O)c1c(CC(C)C)csc1NC(=O)CN1C(=O)CSc2ccccc21. The minimum atomic E-state index is -0.435. The van der Waals surface area contributed by atoms with Gasteiger partial charge >= 0.3 is 5.97 Å². The summed E-state index contributed by atoms with van der Waals surface area (Å²) >= 11 is 2.78. The van der Waals surface area contributed by atoms with Gasteiger partial charge in [-0.15, -0.1) is 23.1 Å². The summed E-state index contributed by atoms with van der Waals surface area (Å²) in [4.78, 5) is 40.1. The van der Waals surface area contributed by atoms with Crippen molar-refractivity contribution in [1.82, 2.24) is 0 Å². The van der Waals surface area contributed by atoms with E-state index in [4.69, 9.17) is 4.74 Å². The molecule has 2 amide bonds. The number of esters is 1. The largest absolute Gasteiger partial charge is 0.462 e. The summed E-state index contributed by atoms with van der Waals surface area (Å²) in [5.41, 5.74) is 2.02. The zero-order valence-corrected chi connectivity index (χ0v) is 18.3. The number of fused-ring (bicyclic) bond motifs is 1. The molecule has 6 nitrogen and oxygen atoms in total. The zero-order chi connectivity index (χ0) is 21.0. The molecule has 2 heterocycles. The minimum absolute atomic E-state index is 0.101. The first-order valence-corrected chi connectivity index (χ1v) is 11.4. The minimum Gasteiger partial charge on any atom is -0.462 e. The number of rotatable bonds is 7. The van der Waals surface area contributed by atoms with E-state index >= 15 is 0 Å². The molecular weight excluding hydrogens is 408 g/mol. The van der Waals surface area contributed by atoms with Crippen molar-refractivity contribution in [3.8, 4) is 0 Å². The second-order valence-corrected chi connectivity index (χ2v) is 8.96. The predicted molar refractivity (Wildman–Crippen MR) is 117 cm³/mol. The number of hydrogen-bond acceptors (Lipinski definition) is 6. The van der Waals surface area contributed by atoms with E-state index in [1.165, 1.54) is 28.0 Å². The van der Waals surface area contributed by atoms with Gasteiger partial charge in [-0.25, -0.2) is 4.79 Å². The summed E-state index contributed by atoms with van der Waals surface area (Å²) in [5, 5.41) is 5.18. The standard InChI is InChI=1S/C21H24N2O4S2/c1-4-27-21(26)19-14(9-13(2)3)11-29-20(19)22-17(24)10-23-15-7-5-6-8-16(15)28-12-18(23)25/h5-8,11,13H,4,9-10,12H2,1-3H3,(H,22,24). The summed E-state index contributed by atoms with van der Waals surface area (Å²) in [6.45, 7) is 6.06. The van der Waals surface area contributed by atoms with Crippen molar-refractivity contribution in [3.63, 3.8) is 0 Å². The summed E-state index contributed by atoms with van der Waals surface area (Å²) in [7, 11) is 0. The van der Waals surface area contributed by atoms with E-state index in [2.05, 4.69) is 19.2 Å². The van der Waals surface area contributed by atoms with Crippen LogP contribution in [0.15, 0.2) is 34.5 Å². The van der Waals surface area contributed by atoms with E-state index in [0.717, 1.165) is 22.6 Å². The summed E-state index contributed by atoms with van der Waals surface area (Å²) in [6.07, 6.45) is 0.718. The second kappa shape index (κ2) is 9.45. The van der Waals surface area contributed by atoms with Crippen LogP contribution in [0.2, 0.25) is 0 Å². The maximum atomic E-state index is 12.7. The predicted octanol–water partition coefficient (Wildman–Crippen LogP) is 4.20. The second-order valence-electron chi connectivity index (χ2n) is 7.07. The van der Waals surface area contributed by atoms with Crippen LogP contribution in [0, 0.1) is 5.92 Å². The lowest BCUT2D eigenvalue weighted by Gasteiger charge is -2.28. The van der Waals surface area contributed by atoms with Crippen molar-refractivity contribution in [3.05, 3.63) is 40.8 Å². The number of anilines is 2. The monoisotopic (exact) mass is 432 g/mol. The first kappa shape index (κ1) is 21.4. The van der Waals surface area contributed by atoms with Crippen LogP contribution in [0.3, 0.4) is 0 Å². The Hall–Kier alpha value is -2.32. The normalized spacial score (nSPS) is 13.4. The average molecular weight is 433 g/mol. The zero-order valence-electron chi connectivity index (χ0n) is 16.7. The van der Waals surface area contributed by atoms with Crippen LogP contribution in [-0.4, -0.2) is 36.7 Å². The van der Waals surface area contributed by atoms with Crippen molar-refractivity contribution >= 4 is 51.6 Å². The highest BCUT2D eigenvalue weighted by molar-refractivity contribution is 8.00. The quantitative estimate of drug-likeness (QED) is 0.664. The molecule has 1 aliphatic heterocycles. The Bertz CT molecular complexity index is 923. The van der Waals surface area contributed by atoms with Gasteiger partial charge in [0.05, 0.1) is 23.6 Å². The molecule has 8 heteroatoms. The molecule has 29 heavy (non-hydrogen) atoms. The van der Waals surface area contributed by atoms with Gasteiger partial charge in [-0.3, -0.25) is 9.59 Å². The molecule has 2 aromatic rings. The van der Waals surface area contributed by atoms with Gasteiger partial charge in [-0.2, -0.15) is 0 Å². The Labute approximate surface area is 178 Å². The third kappa shape index (κ3) is 5.00. The van der Waals surface area contributed by atoms with Gasteiger partial charge in [0.2, 0.25) is 11.8 Å². The molecule has 0 saturated carbocycles. The fraction of sp³-hybridized carbons (Fsp3) is 0.381. The summed E-state index contributed by atoms with van der Waals surface area (Å²) in [5.74, 6) is -0.225. The first-order valence-electron chi connectivity index (χ1n) is 9.50. The topological polar surface area (TPSA) is 75.7 Å². The summed E-state index contributed by atoms with van der Waals surface area (Å²) < 4.78 is 5.19. The van der Waals surface area contributed by atoms with Gasteiger partial charge in [-0.05, 0) is 42.3 Å². The Morgan fingerprint density at radius 2 is 2.03 bits per heavy atom. The van der Waals surface area contributed by atoms with Gasteiger partial charge < -0.3 is 15.0 Å². The van der Waals surface area contributed by atoms with E-state index in [1.807, 2.05) is 29.6 Å². The molecule has 1 aliphatic rings. The number of carbonyl (C=O) groups is 3. The highest BCUT2D eigenvalue weighted by Crippen LogP contribution is 2.35. The maximum absolute atomic E-state index is 12.7. The fourth-order valence-corrected chi connectivity index (χ4v) is 5.05. The molecule has 3 rings (SSSR count). The van der Waals surface area contributed by atoms with Gasteiger partial charge in [0.1, 0.15) is 11.5 Å². The third-order valence-corrected chi connectivity index (χ3v) is 6.33. The lowest BCUT2D eigenvalue weighted by atomic mass is 10.0. The van der Waals surface area contributed by atoms with Crippen LogP contribution in [0.4, 0.5) is 10.7 Å². The molecule has 0 spiro atoms. The molecule has 154 valence electrons. The number of thiophene rings is 1. The number of hydrogen-bond donors (Lipinski definition) is 1. The lowest BCUT2D eigenvalue weighted by molar-refractivity contribution is -0.120. The number of nitrogens with one attached hydrogen (secondary N) is 1. The molecule has 1 aromatic carbocycles. The third-order valence-electron chi connectivity index (χ3n) is 4.34. The van der Waals surface area contributed by atoms with Crippen LogP contribution < -0.4 is 10.2 Å². The molecule has 0 atom stereocenters. The number of thioether (sulfide) groups is 1. The Kier molecular flexibility index (Phi) is 6.97. The van der Waals surface area contributed by atoms with Crippen LogP contribution in [0.25, 0.3) is 0 Å². The van der Waals surface area contributed by atoms with Gasteiger partial charge in [0.15, 0.2) is 0 Å². The van der Waals surface area contributed by atoms with Crippen molar-refractivity contribution in [2.24, 2.45) is 5.92 Å². The highest BCUT2D eigenvalue weighted by Gasteiger charge is 2.28. The molecule has 1 aromatic heterocycles. The first-order chi connectivity index (χ1) is 13.9. The summed E-state index contributed by atoms with van der Waals surface area (Å²) in [6, 6.07) is 7.53. The van der Waals surface area contributed by atoms with Crippen LogP contribution >= 0.6 is 23.1 Å².